The number of hydrogen-bond donors (Lipinski definition) is 2. The van der Waals surface area contributed by atoms with E-state index in [2.05, 4.69) is 6.58 Å². The zero-order chi connectivity index (χ0) is 9.02. The van der Waals surface area contributed by atoms with Crippen LogP contribution < -0.4 is 5.73 Å². The summed E-state index contributed by atoms with van der Waals surface area (Å²) in [5.74, 6) is -0.992. The summed E-state index contributed by atoms with van der Waals surface area (Å²) < 4.78 is 10.6. The van der Waals surface area contributed by atoms with E-state index in [1.54, 1.807) is 0 Å². The molecule has 0 saturated heterocycles. The second-order valence-electron chi connectivity index (χ2n) is 2.18. The molecule has 0 rings (SSSR count). The molecule has 0 aliphatic carbocycles. The highest BCUT2D eigenvalue weighted by Crippen LogP contribution is 1.99. The molecule has 3 N–H and O–H groups in total. The van der Waals surface area contributed by atoms with Crippen LogP contribution in [0.4, 0.5) is 0 Å². The molecule has 0 radical (unpaired) electrons. The van der Waals surface area contributed by atoms with Gasteiger partial charge in [-0.1, -0.05) is 17.8 Å². The molecule has 0 amide bonds. The lowest BCUT2D eigenvalue weighted by atomic mass is 10.2. The molecule has 0 aromatic carbocycles. The van der Waals surface area contributed by atoms with Gasteiger partial charge in [0.05, 0.1) is 17.9 Å². The molecule has 0 aromatic rings. The van der Waals surface area contributed by atoms with Crippen LogP contribution in [0.2, 0.25) is 0 Å². The zero-order valence-electron chi connectivity index (χ0n) is 6.24. The summed E-state index contributed by atoms with van der Waals surface area (Å²) in [6, 6.07) is -0.710. The summed E-state index contributed by atoms with van der Waals surface area (Å²) in [5.41, 5.74) is 5.25. The molecule has 0 bridgehead atoms. The Bertz CT molecular complexity index is 169. The molecule has 0 aliphatic rings. The maximum Gasteiger partial charge on any atom is 0.332 e. The predicted octanol–water partition coefficient (Wildman–Crippen LogP) is -0.667. The predicted molar refractivity (Wildman–Crippen MR) is 43.7 cm³/mol. The smallest absolute Gasteiger partial charge is 0.332 e. The van der Waals surface area contributed by atoms with Crippen molar-refractivity contribution in [1.29, 1.82) is 0 Å². The van der Waals surface area contributed by atoms with E-state index in [9.17, 15) is 9.35 Å². The third-order valence-corrected chi connectivity index (χ3v) is 1.97. The quantitative estimate of drug-likeness (QED) is 0.440. The Morgan fingerprint density at radius 1 is 1.91 bits per heavy atom. The molecule has 0 heterocycles. The van der Waals surface area contributed by atoms with Crippen molar-refractivity contribution in [3.63, 3.8) is 0 Å². The van der Waals surface area contributed by atoms with Gasteiger partial charge >= 0.3 is 5.97 Å². The monoisotopic (exact) mass is 177 g/mol. The van der Waals surface area contributed by atoms with Gasteiger partial charge in [-0.15, -0.1) is 0 Å². The first-order valence-electron chi connectivity index (χ1n) is 2.93. The van der Waals surface area contributed by atoms with Crippen molar-refractivity contribution in [3.05, 3.63) is 12.2 Å². The highest BCUT2D eigenvalue weighted by atomic mass is 32.2. The van der Waals surface area contributed by atoms with Crippen molar-refractivity contribution in [1.82, 2.24) is 0 Å². The summed E-state index contributed by atoms with van der Waals surface area (Å²) in [4.78, 5) is 10.2. The van der Waals surface area contributed by atoms with Crippen LogP contribution >= 0.6 is 0 Å². The summed E-state index contributed by atoms with van der Waals surface area (Å²) in [7, 11) is 0. The second-order valence-corrected chi connectivity index (χ2v) is 3.66. The lowest BCUT2D eigenvalue weighted by Crippen LogP contribution is -2.33. The van der Waals surface area contributed by atoms with E-state index in [4.69, 9.17) is 10.8 Å². The van der Waals surface area contributed by atoms with Gasteiger partial charge < -0.3 is 15.4 Å². The first kappa shape index (κ1) is 10.5. The van der Waals surface area contributed by atoms with Crippen molar-refractivity contribution in [3.8, 4) is 0 Å². The van der Waals surface area contributed by atoms with Crippen molar-refractivity contribution in [2.75, 3.05) is 12.0 Å². The fourth-order valence-electron chi connectivity index (χ4n) is 0.512. The van der Waals surface area contributed by atoms with E-state index in [1.807, 2.05) is 0 Å². The number of aliphatic carboxylic acids is 1. The Morgan fingerprint density at radius 3 is 2.64 bits per heavy atom. The third kappa shape index (κ3) is 4.02. The normalized spacial score (nSPS) is 15.5. The molecule has 0 aliphatic heterocycles. The van der Waals surface area contributed by atoms with Gasteiger partial charge in [-0.05, 0) is 0 Å². The molecule has 4 nitrogen and oxygen atoms in total. The fraction of sp³-hybridized carbons (Fsp3) is 0.500. The first-order chi connectivity index (χ1) is 4.95. The molecule has 11 heavy (non-hydrogen) atoms. The van der Waals surface area contributed by atoms with Crippen LogP contribution in [0.3, 0.4) is 0 Å². The van der Waals surface area contributed by atoms with Crippen molar-refractivity contribution in [2.24, 2.45) is 5.73 Å². The van der Waals surface area contributed by atoms with Crippen molar-refractivity contribution in [2.45, 2.75) is 6.04 Å². The van der Waals surface area contributed by atoms with E-state index in [1.165, 1.54) is 6.26 Å². The van der Waals surface area contributed by atoms with Gasteiger partial charge in [0.2, 0.25) is 0 Å². The molecule has 5 heteroatoms. The fourth-order valence-corrected chi connectivity index (χ4v) is 1.22. The highest BCUT2D eigenvalue weighted by Gasteiger charge is 2.17. The van der Waals surface area contributed by atoms with Crippen LogP contribution in [0, 0.1) is 0 Å². The highest BCUT2D eigenvalue weighted by molar-refractivity contribution is 7.90. The van der Waals surface area contributed by atoms with Crippen LogP contribution in [0.15, 0.2) is 12.2 Å². The second kappa shape index (κ2) is 4.38. The number of nitrogens with two attached hydrogens (primary N) is 1. The number of carbonyl (C=O) groups is 1. The van der Waals surface area contributed by atoms with Crippen LogP contribution in [-0.2, 0) is 16.0 Å². The Hall–Kier alpha value is -0.520. The number of rotatable bonds is 4. The van der Waals surface area contributed by atoms with Gasteiger partial charge in [0, 0.05) is 0 Å². The topological polar surface area (TPSA) is 86.4 Å². The Labute approximate surface area is 68.3 Å². The molecule has 64 valence electrons. The van der Waals surface area contributed by atoms with Crippen molar-refractivity contribution < 1.29 is 14.5 Å². The van der Waals surface area contributed by atoms with E-state index in [0.717, 1.165) is 0 Å². The largest absolute Gasteiger partial charge is 0.616 e. The van der Waals surface area contributed by atoms with Gasteiger partial charge in [-0.3, -0.25) is 0 Å². The minimum atomic E-state index is -1.14. The van der Waals surface area contributed by atoms with E-state index < -0.39 is 23.2 Å². The average molecular weight is 177 g/mol. The van der Waals surface area contributed by atoms with Crippen LogP contribution in [0.1, 0.15) is 0 Å². The molecule has 0 fully saturated rings. The lowest BCUT2D eigenvalue weighted by molar-refractivity contribution is -0.132. The maximum absolute atomic E-state index is 10.6. The summed E-state index contributed by atoms with van der Waals surface area (Å²) >= 11 is -1.08. The van der Waals surface area contributed by atoms with E-state index in [-0.39, 0.29) is 11.3 Å². The zero-order valence-corrected chi connectivity index (χ0v) is 7.06. The lowest BCUT2D eigenvalue weighted by Gasteiger charge is -2.11. The van der Waals surface area contributed by atoms with E-state index >= 15 is 0 Å². The molecule has 0 saturated carbocycles. The van der Waals surface area contributed by atoms with Gasteiger partial charge in [-0.25, -0.2) is 4.79 Å². The Morgan fingerprint density at radius 2 is 2.36 bits per heavy atom. The summed E-state index contributed by atoms with van der Waals surface area (Å²) in [6.07, 6.45) is 1.47. The maximum atomic E-state index is 10.6. The molecule has 0 aromatic heterocycles. The van der Waals surface area contributed by atoms with Gasteiger partial charge in [0.25, 0.3) is 0 Å². The minimum Gasteiger partial charge on any atom is -0.616 e. The summed E-state index contributed by atoms with van der Waals surface area (Å²) in [5, 5.41) is 8.39. The van der Waals surface area contributed by atoms with Crippen LogP contribution in [0.5, 0.6) is 0 Å². The Kier molecular flexibility index (Phi) is 4.17. The number of hydrogen-bond acceptors (Lipinski definition) is 3. The standard InChI is InChI=1S/C6H11NO3S/c1-4(6(8)9)5(7)3-11(2)10/h5H,1,3,7H2,2H3,(H,8,9)/t5-,11?/m0/s1. The van der Waals surface area contributed by atoms with Crippen molar-refractivity contribution >= 4 is 17.1 Å². The molecule has 0 spiro atoms. The Balaban J connectivity index is 3.93. The molecular formula is C6H11NO3S. The average Bonchev–Trinajstić information content (AvgIpc) is 1.84. The third-order valence-electron chi connectivity index (χ3n) is 1.14. The molecule has 2 atom stereocenters. The van der Waals surface area contributed by atoms with Crippen LogP contribution in [-0.4, -0.2) is 33.7 Å². The van der Waals surface area contributed by atoms with Gasteiger partial charge in [-0.2, -0.15) is 0 Å². The number of carboxylic acids is 1. The van der Waals surface area contributed by atoms with Gasteiger partial charge in [0.1, 0.15) is 5.75 Å². The molecule has 1 unspecified atom stereocenters. The first-order valence-corrected chi connectivity index (χ1v) is 4.65. The summed E-state index contributed by atoms with van der Waals surface area (Å²) in [6.45, 7) is 3.25. The SMILES string of the molecule is C=C(C(=O)O)[C@@H](N)C[S+](C)[O-]. The number of carboxylic acid groups (broad SMARTS) is 1. The van der Waals surface area contributed by atoms with E-state index in [0.29, 0.717) is 0 Å². The minimum absolute atomic E-state index is 0.0970. The van der Waals surface area contributed by atoms with Gasteiger partial charge in [0.15, 0.2) is 0 Å². The van der Waals surface area contributed by atoms with Crippen LogP contribution in [0.25, 0.3) is 0 Å². The molecular weight excluding hydrogens is 166 g/mol.